The molecule has 0 unspecified atom stereocenters. The Labute approximate surface area is 128 Å². The molecule has 5 nitrogen and oxygen atoms in total. The van der Waals surface area contributed by atoms with Gasteiger partial charge in [0.25, 0.3) is 0 Å². The van der Waals surface area contributed by atoms with Gasteiger partial charge in [-0.25, -0.2) is 0 Å². The number of amides is 1. The van der Waals surface area contributed by atoms with Gasteiger partial charge in [0, 0.05) is 24.2 Å². The monoisotopic (exact) mass is 299 g/mol. The minimum absolute atomic E-state index is 0.0628. The summed E-state index contributed by atoms with van der Waals surface area (Å²) in [6, 6.07) is 13.7. The molecule has 1 amide bonds. The molecular formula is C17H17NO4. The fourth-order valence-electron chi connectivity index (χ4n) is 1.87. The Hall–Kier alpha value is -2.82. The minimum atomic E-state index is -0.152. The molecule has 0 spiro atoms. The van der Waals surface area contributed by atoms with E-state index in [9.17, 15) is 9.59 Å². The van der Waals surface area contributed by atoms with Crippen molar-refractivity contribution < 1.29 is 19.1 Å². The molecule has 0 radical (unpaired) electrons. The van der Waals surface area contributed by atoms with Crippen LogP contribution in [-0.4, -0.2) is 25.4 Å². The van der Waals surface area contributed by atoms with Gasteiger partial charge in [0.15, 0.2) is 12.4 Å². The Morgan fingerprint density at radius 3 is 2.36 bits per heavy atom. The van der Waals surface area contributed by atoms with Crippen LogP contribution in [0.2, 0.25) is 0 Å². The van der Waals surface area contributed by atoms with Crippen molar-refractivity contribution in [3.63, 3.8) is 0 Å². The van der Waals surface area contributed by atoms with Crippen LogP contribution in [0.25, 0.3) is 0 Å². The van der Waals surface area contributed by atoms with Crippen molar-refractivity contribution in [1.82, 2.24) is 0 Å². The quantitative estimate of drug-likeness (QED) is 0.833. The fraction of sp³-hybridized carbons (Fsp3) is 0.176. The van der Waals surface area contributed by atoms with Crippen LogP contribution in [0.3, 0.4) is 0 Å². The van der Waals surface area contributed by atoms with Crippen LogP contribution in [0.5, 0.6) is 11.5 Å². The van der Waals surface area contributed by atoms with Gasteiger partial charge in [-0.15, -0.1) is 0 Å². The van der Waals surface area contributed by atoms with Gasteiger partial charge in [-0.05, 0) is 36.4 Å². The molecule has 0 aliphatic heterocycles. The van der Waals surface area contributed by atoms with Gasteiger partial charge >= 0.3 is 0 Å². The van der Waals surface area contributed by atoms with E-state index in [1.165, 1.54) is 6.92 Å². The fourth-order valence-corrected chi connectivity index (χ4v) is 1.87. The van der Waals surface area contributed by atoms with E-state index in [2.05, 4.69) is 5.32 Å². The average Bonchev–Trinajstić information content (AvgIpc) is 2.53. The van der Waals surface area contributed by atoms with E-state index in [-0.39, 0.29) is 18.3 Å². The largest absolute Gasteiger partial charge is 0.497 e. The lowest BCUT2D eigenvalue weighted by Crippen LogP contribution is -2.12. The summed E-state index contributed by atoms with van der Waals surface area (Å²) in [5.41, 5.74) is 1.18. The molecule has 2 rings (SSSR count). The second-order valence-electron chi connectivity index (χ2n) is 4.65. The molecule has 0 aromatic heterocycles. The third kappa shape index (κ3) is 4.34. The van der Waals surface area contributed by atoms with Crippen molar-refractivity contribution in [3.05, 3.63) is 54.1 Å². The molecule has 0 aliphatic carbocycles. The first kappa shape index (κ1) is 15.6. The predicted octanol–water partition coefficient (Wildman–Crippen LogP) is 2.92. The van der Waals surface area contributed by atoms with Gasteiger partial charge in [-0.1, -0.05) is 6.07 Å². The first-order chi connectivity index (χ1) is 10.6. The van der Waals surface area contributed by atoms with Gasteiger partial charge in [0.1, 0.15) is 11.5 Å². The second kappa shape index (κ2) is 7.26. The third-order valence-electron chi connectivity index (χ3n) is 2.94. The summed E-state index contributed by atoms with van der Waals surface area (Å²) in [6.07, 6.45) is 0. The Kier molecular flexibility index (Phi) is 5.14. The number of rotatable bonds is 6. The number of carbonyl (C=O) groups excluding carboxylic acids is 2. The predicted molar refractivity (Wildman–Crippen MR) is 83.6 cm³/mol. The summed E-state index contributed by atoms with van der Waals surface area (Å²) in [7, 11) is 1.57. The summed E-state index contributed by atoms with van der Waals surface area (Å²) in [4.78, 5) is 23.0. The highest BCUT2D eigenvalue weighted by Crippen LogP contribution is 2.19. The zero-order valence-corrected chi connectivity index (χ0v) is 12.5. The van der Waals surface area contributed by atoms with Crippen LogP contribution in [0.15, 0.2) is 48.5 Å². The van der Waals surface area contributed by atoms with Gasteiger partial charge in [0.05, 0.1) is 7.11 Å². The van der Waals surface area contributed by atoms with Gasteiger partial charge in [0.2, 0.25) is 5.91 Å². The summed E-state index contributed by atoms with van der Waals surface area (Å²) >= 11 is 0. The van der Waals surface area contributed by atoms with Crippen LogP contribution in [-0.2, 0) is 4.79 Å². The maximum atomic E-state index is 12.1. The Morgan fingerprint density at radius 1 is 1.05 bits per heavy atom. The number of Topliss-reactive ketones (excluding diaryl/α,β-unsaturated/α-hetero) is 1. The lowest BCUT2D eigenvalue weighted by atomic mass is 10.1. The third-order valence-corrected chi connectivity index (χ3v) is 2.94. The minimum Gasteiger partial charge on any atom is -0.497 e. The number of methoxy groups -OCH3 is 1. The first-order valence-corrected chi connectivity index (χ1v) is 6.76. The molecule has 1 N–H and O–H groups in total. The van der Waals surface area contributed by atoms with Gasteiger partial charge in [-0.3, -0.25) is 9.59 Å². The van der Waals surface area contributed by atoms with E-state index in [4.69, 9.17) is 9.47 Å². The van der Waals surface area contributed by atoms with Crippen molar-refractivity contribution in [3.8, 4) is 11.5 Å². The molecule has 22 heavy (non-hydrogen) atoms. The van der Waals surface area contributed by atoms with Crippen molar-refractivity contribution in [1.29, 1.82) is 0 Å². The number of ether oxygens (including phenoxy) is 2. The highest BCUT2D eigenvalue weighted by Gasteiger charge is 2.07. The molecule has 0 saturated carbocycles. The van der Waals surface area contributed by atoms with E-state index >= 15 is 0 Å². The van der Waals surface area contributed by atoms with Crippen LogP contribution in [0, 0.1) is 0 Å². The maximum Gasteiger partial charge on any atom is 0.221 e. The number of benzene rings is 2. The molecule has 0 saturated heterocycles. The van der Waals surface area contributed by atoms with Crippen LogP contribution in [0.4, 0.5) is 5.69 Å². The van der Waals surface area contributed by atoms with Gasteiger partial charge < -0.3 is 14.8 Å². The summed E-state index contributed by atoms with van der Waals surface area (Å²) < 4.78 is 10.6. The zero-order valence-electron chi connectivity index (χ0n) is 12.5. The Bertz CT molecular complexity index is 665. The summed E-state index contributed by atoms with van der Waals surface area (Å²) in [5, 5.41) is 2.65. The maximum absolute atomic E-state index is 12.1. The van der Waals surface area contributed by atoms with Crippen LogP contribution < -0.4 is 14.8 Å². The molecule has 114 valence electrons. The molecular weight excluding hydrogens is 282 g/mol. The van der Waals surface area contributed by atoms with Crippen molar-refractivity contribution >= 4 is 17.4 Å². The molecule has 2 aromatic rings. The van der Waals surface area contributed by atoms with E-state index < -0.39 is 0 Å². The summed E-state index contributed by atoms with van der Waals surface area (Å²) in [6.45, 7) is 1.37. The zero-order chi connectivity index (χ0) is 15.9. The molecule has 0 aliphatic rings. The number of hydrogen-bond acceptors (Lipinski definition) is 4. The average molecular weight is 299 g/mol. The van der Waals surface area contributed by atoms with E-state index in [1.807, 2.05) is 0 Å². The van der Waals surface area contributed by atoms with Crippen LogP contribution >= 0.6 is 0 Å². The molecule has 2 aromatic carbocycles. The standard InChI is InChI=1S/C17H17NO4/c1-12(19)18-14-8-6-13(7-9-14)17(20)11-22-16-5-3-4-15(10-16)21-2/h3-10H,11H2,1-2H3,(H,18,19). The molecule has 0 fully saturated rings. The highest BCUT2D eigenvalue weighted by atomic mass is 16.5. The van der Waals surface area contributed by atoms with Crippen molar-refractivity contribution in [2.24, 2.45) is 0 Å². The molecule has 0 heterocycles. The van der Waals surface area contributed by atoms with Gasteiger partial charge in [-0.2, -0.15) is 0 Å². The van der Waals surface area contributed by atoms with Crippen LogP contribution in [0.1, 0.15) is 17.3 Å². The number of carbonyl (C=O) groups is 2. The molecule has 0 atom stereocenters. The topological polar surface area (TPSA) is 64.6 Å². The molecule has 5 heteroatoms. The normalized spacial score (nSPS) is 9.91. The highest BCUT2D eigenvalue weighted by molar-refractivity contribution is 5.98. The lowest BCUT2D eigenvalue weighted by Gasteiger charge is -2.08. The SMILES string of the molecule is COc1cccc(OCC(=O)c2ccc(NC(C)=O)cc2)c1. The van der Waals surface area contributed by atoms with E-state index in [0.717, 1.165) is 0 Å². The number of anilines is 1. The smallest absolute Gasteiger partial charge is 0.221 e. The first-order valence-electron chi connectivity index (χ1n) is 6.76. The van der Waals surface area contributed by atoms with Crippen molar-refractivity contribution in [2.45, 2.75) is 6.92 Å². The Balaban J connectivity index is 1.95. The number of ketones is 1. The Morgan fingerprint density at radius 2 is 1.73 bits per heavy atom. The second-order valence-corrected chi connectivity index (χ2v) is 4.65. The number of nitrogens with one attached hydrogen (secondary N) is 1. The summed E-state index contributed by atoms with van der Waals surface area (Å²) in [5.74, 6) is 0.949. The van der Waals surface area contributed by atoms with Crippen molar-refractivity contribution in [2.75, 3.05) is 19.0 Å². The van der Waals surface area contributed by atoms with E-state index in [0.29, 0.717) is 22.7 Å². The van der Waals surface area contributed by atoms with E-state index in [1.54, 1.807) is 55.6 Å². The lowest BCUT2D eigenvalue weighted by molar-refractivity contribution is -0.114. The number of hydrogen-bond donors (Lipinski definition) is 1. The molecule has 0 bridgehead atoms.